The van der Waals surface area contributed by atoms with E-state index in [0.717, 1.165) is 16.8 Å². The molecule has 2 aliphatic rings. The van der Waals surface area contributed by atoms with Crippen molar-refractivity contribution in [3.63, 3.8) is 0 Å². The summed E-state index contributed by atoms with van der Waals surface area (Å²) in [7, 11) is -3.13. The van der Waals surface area contributed by atoms with Crippen LogP contribution in [0.15, 0.2) is 54.6 Å². The zero-order chi connectivity index (χ0) is 20.8. The van der Waals surface area contributed by atoms with Crippen LogP contribution in [0.25, 0.3) is 0 Å². The molecule has 0 bridgehead atoms. The first-order valence-corrected chi connectivity index (χ1v) is 13.2. The molecular formula is C23H28FNO3Si. The number of carbonyl (C=O) groups excluding carboxylic acids is 1. The molecule has 1 saturated heterocycles. The van der Waals surface area contributed by atoms with E-state index in [9.17, 15) is 9.90 Å². The number of nitrogens with zero attached hydrogens (tertiary/aromatic N) is 1. The van der Waals surface area contributed by atoms with Crippen molar-refractivity contribution in [1.82, 2.24) is 0 Å². The Kier molecular flexibility index (Phi) is 5.13. The molecule has 0 radical (unpaired) electrons. The summed E-state index contributed by atoms with van der Waals surface area (Å²) in [5.74, 6) is -0.432. The lowest BCUT2D eigenvalue weighted by atomic mass is 9.82. The first kappa shape index (κ1) is 20.3. The third-order valence-electron chi connectivity index (χ3n) is 6.47. The van der Waals surface area contributed by atoms with Gasteiger partial charge in [-0.2, -0.15) is 0 Å². The van der Waals surface area contributed by atoms with Crippen LogP contribution in [0.5, 0.6) is 0 Å². The number of hydrogen-bond donors (Lipinski definition) is 1. The quantitative estimate of drug-likeness (QED) is 0.584. The predicted molar refractivity (Wildman–Crippen MR) is 114 cm³/mol. The Morgan fingerprint density at radius 1 is 1.14 bits per heavy atom. The molecule has 6 heteroatoms. The highest BCUT2D eigenvalue weighted by Gasteiger charge is 2.66. The second kappa shape index (κ2) is 7.34. The molecule has 1 fully saturated rings. The van der Waals surface area contributed by atoms with Crippen molar-refractivity contribution in [2.45, 2.75) is 50.2 Å². The molecule has 4 atom stereocenters. The van der Waals surface area contributed by atoms with E-state index in [2.05, 4.69) is 0 Å². The van der Waals surface area contributed by atoms with Gasteiger partial charge in [-0.15, -0.1) is 0 Å². The Morgan fingerprint density at radius 2 is 1.79 bits per heavy atom. The number of anilines is 1. The summed E-state index contributed by atoms with van der Waals surface area (Å²) >= 11 is 0. The van der Waals surface area contributed by atoms with E-state index in [1.54, 1.807) is 18.0 Å². The molecule has 2 heterocycles. The van der Waals surface area contributed by atoms with E-state index in [1.807, 2.05) is 61.5 Å². The summed E-state index contributed by atoms with van der Waals surface area (Å²) in [6.07, 6.45) is -0.124. The number of aliphatic hydroxyl groups excluding tert-OH is 1. The van der Waals surface area contributed by atoms with Crippen molar-refractivity contribution in [3.8, 4) is 0 Å². The first-order valence-electron chi connectivity index (χ1n) is 10.2. The number of ether oxygens (including phenoxy) is 1. The number of benzene rings is 2. The number of para-hydroxylation sites is 1. The Balaban J connectivity index is 1.80. The van der Waals surface area contributed by atoms with E-state index < -0.39 is 20.1 Å². The molecule has 4 rings (SSSR count). The number of halogens is 1. The Bertz CT molecular complexity index is 900. The molecule has 2 aliphatic heterocycles. The molecule has 1 amide bonds. The van der Waals surface area contributed by atoms with Crippen LogP contribution < -0.4 is 4.90 Å². The lowest BCUT2D eigenvalue weighted by Crippen LogP contribution is -2.45. The number of aliphatic hydroxyl groups is 1. The number of carbonyl (C=O) groups is 1. The average molecular weight is 414 g/mol. The van der Waals surface area contributed by atoms with Crippen LogP contribution in [0.1, 0.15) is 24.5 Å². The molecule has 2 aromatic carbocycles. The molecule has 1 N–H and O–H groups in total. The fraction of sp³-hybridized carbons (Fsp3) is 0.435. The fourth-order valence-corrected chi connectivity index (χ4v) is 7.86. The first-order chi connectivity index (χ1) is 13.8. The number of rotatable bonds is 5. The predicted octanol–water partition coefficient (Wildman–Crippen LogP) is 4.39. The van der Waals surface area contributed by atoms with Crippen molar-refractivity contribution in [3.05, 3.63) is 65.7 Å². The topological polar surface area (TPSA) is 49.8 Å². The van der Waals surface area contributed by atoms with Crippen molar-refractivity contribution < 1.29 is 18.7 Å². The van der Waals surface area contributed by atoms with Gasteiger partial charge in [-0.3, -0.25) is 4.79 Å². The van der Waals surface area contributed by atoms with Gasteiger partial charge in [0.05, 0.1) is 18.3 Å². The van der Waals surface area contributed by atoms with Crippen LogP contribution >= 0.6 is 0 Å². The summed E-state index contributed by atoms with van der Waals surface area (Å²) in [5, 5.41) is 9.55. The van der Waals surface area contributed by atoms with Crippen molar-refractivity contribution >= 4 is 20.0 Å². The third kappa shape index (κ3) is 3.14. The van der Waals surface area contributed by atoms with E-state index in [-0.39, 0.29) is 24.0 Å². The van der Waals surface area contributed by atoms with E-state index in [1.165, 1.54) is 0 Å². The van der Waals surface area contributed by atoms with Gasteiger partial charge in [-0.1, -0.05) is 55.5 Å². The maximum Gasteiger partial charge on any atom is 0.264 e. The molecule has 0 aromatic heterocycles. The molecule has 154 valence electrons. The highest BCUT2D eigenvalue weighted by molar-refractivity contribution is 6.72. The van der Waals surface area contributed by atoms with Gasteiger partial charge in [0, 0.05) is 23.6 Å². The van der Waals surface area contributed by atoms with Gasteiger partial charge < -0.3 is 18.9 Å². The Morgan fingerprint density at radius 3 is 2.45 bits per heavy atom. The average Bonchev–Trinajstić information content (AvgIpc) is 3.11. The molecule has 1 spiro atoms. The standard InChI is InChI=1S/C23H28FNO3Si/c1-16-21(29(2,3)24)20(13-14-26)28-23(16)18-11-7-8-12-19(18)25(22(23)27)15-17-9-5-4-6-10-17/h4-12,16,20-21,26H,13-15H2,1-3H3/t16-,20+,21-,23+/m1/s1. The third-order valence-corrected chi connectivity index (χ3v) is 8.92. The second-order valence-corrected chi connectivity index (χ2v) is 12.5. The second-order valence-electron chi connectivity index (χ2n) is 8.68. The number of hydrogen-bond acceptors (Lipinski definition) is 3. The van der Waals surface area contributed by atoms with Crippen LogP contribution in [0.4, 0.5) is 9.80 Å². The van der Waals surface area contributed by atoms with Gasteiger partial charge in [0.25, 0.3) is 5.91 Å². The highest BCUT2D eigenvalue weighted by atomic mass is 28.4. The van der Waals surface area contributed by atoms with Crippen LogP contribution in [0, 0.1) is 5.92 Å². The van der Waals surface area contributed by atoms with Gasteiger partial charge in [0.2, 0.25) is 8.41 Å². The largest absolute Gasteiger partial charge is 0.396 e. The van der Waals surface area contributed by atoms with Crippen LogP contribution in [0.2, 0.25) is 18.6 Å². The van der Waals surface area contributed by atoms with Gasteiger partial charge in [0.1, 0.15) is 0 Å². The molecule has 0 aliphatic carbocycles. The Labute approximate surface area is 172 Å². The summed E-state index contributed by atoms with van der Waals surface area (Å²) in [5.41, 5.74) is 1.13. The van der Waals surface area contributed by atoms with Crippen molar-refractivity contribution in [1.29, 1.82) is 0 Å². The zero-order valence-electron chi connectivity index (χ0n) is 17.1. The summed E-state index contributed by atoms with van der Waals surface area (Å²) in [4.78, 5) is 15.6. The number of fused-ring (bicyclic) bond motifs is 2. The lowest BCUT2D eigenvalue weighted by Gasteiger charge is -2.31. The summed E-state index contributed by atoms with van der Waals surface area (Å²) in [6, 6.07) is 17.5. The lowest BCUT2D eigenvalue weighted by molar-refractivity contribution is -0.146. The molecule has 29 heavy (non-hydrogen) atoms. The van der Waals surface area contributed by atoms with Gasteiger partial charge in [0.15, 0.2) is 5.60 Å². The summed E-state index contributed by atoms with van der Waals surface area (Å²) in [6.45, 7) is 5.65. The van der Waals surface area contributed by atoms with E-state index >= 15 is 4.11 Å². The van der Waals surface area contributed by atoms with Gasteiger partial charge in [-0.25, -0.2) is 0 Å². The minimum atomic E-state index is -3.13. The molecule has 0 saturated carbocycles. The highest BCUT2D eigenvalue weighted by Crippen LogP contribution is 2.60. The minimum absolute atomic E-state index is 0.0853. The van der Waals surface area contributed by atoms with E-state index in [4.69, 9.17) is 4.74 Å². The van der Waals surface area contributed by atoms with Gasteiger partial charge >= 0.3 is 0 Å². The molecule has 4 nitrogen and oxygen atoms in total. The number of amides is 1. The molecule has 2 aromatic rings. The fourth-order valence-electron chi connectivity index (χ4n) is 5.32. The van der Waals surface area contributed by atoms with Crippen LogP contribution in [-0.4, -0.2) is 32.1 Å². The smallest absolute Gasteiger partial charge is 0.264 e. The van der Waals surface area contributed by atoms with Crippen LogP contribution in [-0.2, 0) is 21.7 Å². The van der Waals surface area contributed by atoms with E-state index in [0.29, 0.717) is 13.0 Å². The SMILES string of the molecule is C[C@@H]1[C@@H]([Si](C)(C)F)[C@H](CCO)O[C@@]12C(=O)N(Cc1ccccc1)c1ccccc12. The minimum Gasteiger partial charge on any atom is -0.396 e. The maximum atomic E-state index is 15.4. The van der Waals surface area contributed by atoms with Crippen molar-refractivity contribution in [2.75, 3.05) is 11.5 Å². The Hall–Kier alpha value is -2.02. The maximum absolute atomic E-state index is 15.4. The van der Waals surface area contributed by atoms with Crippen LogP contribution in [0.3, 0.4) is 0 Å². The molecule has 0 unspecified atom stereocenters. The zero-order valence-corrected chi connectivity index (χ0v) is 18.1. The molecular weight excluding hydrogens is 385 g/mol. The monoisotopic (exact) mass is 413 g/mol. The summed E-state index contributed by atoms with van der Waals surface area (Å²) < 4.78 is 21.8. The van der Waals surface area contributed by atoms with Gasteiger partial charge in [-0.05, 0) is 31.1 Å². The normalized spacial score (nSPS) is 28.9. The van der Waals surface area contributed by atoms with Crippen molar-refractivity contribution in [2.24, 2.45) is 5.92 Å².